The second-order valence-corrected chi connectivity index (χ2v) is 4.16. The van der Waals surface area contributed by atoms with Gasteiger partial charge in [-0.3, -0.25) is 5.10 Å². The number of nitrogen functional groups attached to an aromatic ring is 1. The molecule has 0 spiro atoms. The molecule has 0 fully saturated rings. The fourth-order valence-corrected chi connectivity index (χ4v) is 2.03. The SMILES string of the molecule is COc1c(Cl)cccc1CCc1cc(N)n[nH]1. The molecule has 4 nitrogen and oxygen atoms in total. The van der Waals surface area contributed by atoms with Crippen molar-refractivity contribution in [1.82, 2.24) is 10.2 Å². The Morgan fingerprint density at radius 3 is 2.88 bits per heavy atom. The molecule has 1 aromatic carbocycles. The van der Waals surface area contributed by atoms with Gasteiger partial charge < -0.3 is 10.5 Å². The third kappa shape index (κ3) is 2.71. The topological polar surface area (TPSA) is 63.9 Å². The lowest BCUT2D eigenvalue weighted by Gasteiger charge is -2.09. The number of methoxy groups -OCH3 is 1. The number of aromatic amines is 1. The van der Waals surface area contributed by atoms with Gasteiger partial charge in [-0.15, -0.1) is 0 Å². The van der Waals surface area contributed by atoms with Crippen molar-refractivity contribution in [2.24, 2.45) is 0 Å². The highest BCUT2D eigenvalue weighted by molar-refractivity contribution is 6.32. The summed E-state index contributed by atoms with van der Waals surface area (Å²) in [6.45, 7) is 0. The van der Waals surface area contributed by atoms with Crippen LogP contribution in [0.25, 0.3) is 0 Å². The van der Waals surface area contributed by atoms with Gasteiger partial charge in [-0.2, -0.15) is 5.10 Å². The highest BCUT2D eigenvalue weighted by Gasteiger charge is 2.07. The molecule has 0 saturated heterocycles. The van der Waals surface area contributed by atoms with Crippen LogP contribution in [0.15, 0.2) is 24.3 Å². The molecule has 0 unspecified atom stereocenters. The molecule has 3 N–H and O–H groups in total. The Kier molecular flexibility index (Phi) is 3.54. The monoisotopic (exact) mass is 251 g/mol. The molecule has 0 aliphatic heterocycles. The number of H-pyrrole nitrogens is 1. The van der Waals surface area contributed by atoms with Crippen molar-refractivity contribution in [3.63, 3.8) is 0 Å². The van der Waals surface area contributed by atoms with Gasteiger partial charge in [0.2, 0.25) is 0 Å². The predicted molar refractivity (Wildman–Crippen MR) is 68.4 cm³/mol. The first kappa shape index (κ1) is 11.8. The third-order valence-corrected chi connectivity index (χ3v) is 2.86. The number of nitrogens with one attached hydrogen (secondary N) is 1. The summed E-state index contributed by atoms with van der Waals surface area (Å²) in [6, 6.07) is 7.57. The molecule has 0 aliphatic carbocycles. The van der Waals surface area contributed by atoms with Crippen LogP contribution in [0.3, 0.4) is 0 Å². The lowest BCUT2D eigenvalue weighted by Crippen LogP contribution is -1.96. The molecule has 0 aliphatic rings. The molecule has 90 valence electrons. The minimum atomic E-state index is 0.512. The largest absolute Gasteiger partial charge is 0.495 e. The van der Waals surface area contributed by atoms with Crippen LogP contribution in [-0.4, -0.2) is 17.3 Å². The number of aromatic nitrogens is 2. The van der Waals surface area contributed by atoms with Gasteiger partial charge in [-0.25, -0.2) is 0 Å². The Bertz CT molecular complexity index is 510. The summed E-state index contributed by atoms with van der Waals surface area (Å²) in [5, 5.41) is 7.40. The van der Waals surface area contributed by atoms with Crippen LogP contribution in [0.1, 0.15) is 11.3 Å². The molecule has 0 amide bonds. The van der Waals surface area contributed by atoms with E-state index in [1.807, 2.05) is 24.3 Å². The summed E-state index contributed by atoms with van der Waals surface area (Å²) in [4.78, 5) is 0. The Morgan fingerprint density at radius 1 is 1.41 bits per heavy atom. The van der Waals surface area contributed by atoms with Crippen LogP contribution in [0.2, 0.25) is 5.02 Å². The molecule has 2 aromatic rings. The van der Waals surface area contributed by atoms with Crippen molar-refractivity contribution in [2.45, 2.75) is 12.8 Å². The summed E-state index contributed by atoms with van der Waals surface area (Å²) >= 11 is 6.05. The first-order chi connectivity index (χ1) is 8.20. The fraction of sp³-hybridized carbons (Fsp3) is 0.250. The van der Waals surface area contributed by atoms with Gasteiger partial charge in [0.25, 0.3) is 0 Å². The van der Waals surface area contributed by atoms with Crippen molar-refractivity contribution in [3.8, 4) is 5.75 Å². The summed E-state index contributed by atoms with van der Waals surface area (Å²) < 4.78 is 5.29. The van der Waals surface area contributed by atoms with E-state index in [1.54, 1.807) is 7.11 Å². The lowest BCUT2D eigenvalue weighted by molar-refractivity contribution is 0.410. The summed E-state index contributed by atoms with van der Waals surface area (Å²) in [6.07, 6.45) is 1.65. The van der Waals surface area contributed by atoms with Crippen LogP contribution < -0.4 is 10.5 Å². The number of rotatable bonds is 4. The van der Waals surface area contributed by atoms with Crippen molar-refractivity contribution in [2.75, 3.05) is 12.8 Å². The number of halogens is 1. The van der Waals surface area contributed by atoms with Gasteiger partial charge in [0.1, 0.15) is 11.6 Å². The van der Waals surface area contributed by atoms with E-state index in [2.05, 4.69) is 10.2 Å². The molecule has 0 bridgehead atoms. The zero-order valence-corrected chi connectivity index (χ0v) is 10.3. The second-order valence-electron chi connectivity index (χ2n) is 3.75. The summed E-state index contributed by atoms with van der Waals surface area (Å²) in [5.74, 6) is 1.25. The molecular formula is C12H14ClN3O. The maximum atomic E-state index is 6.05. The standard InChI is InChI=1S/C12H14ClN3O/c1-17-12-8(3-2-4-10(12)13)5-6-9-7-11(14)16-15-9/h2-4,7H,5-6H2,1H3,(H3,14,15,16). The van der Waals surface area contributed by atoms with E-state index < -0.39 is 0 Å². The van der Waals surface area contributed by atoms with Crippen LogP contribution in [-0.2, 0) is 12.8 Å². The maximum Gasteiger partial charge on any atom is 0.145 e. The number of nitrogens with zero attached hydrogens (tertiary/aromatic N) is 1. The zero-order valence-electron chi connectivity index (χ0n) is 9.53. The summed E-state index contributed by atoms with van der Waals surface area (Å²) in [7, 11) is 1.62. The number of benzene rings is 1. The molecule has 1 heterocycles. The van der Waals surface area contributed by atoms with Crippen LogP contribution in [0, 0.1) is 0 Å². The minimum Gasteiger partial charge on any atom is -0.495 e. The van der Waals surface area contributed by atoms with Crippen molar-refractivity contribution in [3.05, 3.63) is 40.5 Å². The van der Waals surface area contributed by atoms with Crippen LogP contribution in [0.4, 0.5) is 5.82 Å². The zero-order chi connectivity index (χ0) is 12.3. The number of nitrogens with two attached hydrogens (primary N) is 1. The van der Waals surface area contributed by atoms with Gasteiger partial charge in [0, 0.05) is 11.8 Å². The van der Waals surface area contributed by atoms with Gasteiger partial charge in [0.05, 0.1) is 12.1 Å². The van der Waals surface area contributed by atoms with Gasteiger partial charge in [-0.05, 0) is 24.5 Å². The molecule has 1 aromatic heterocycles. The highest BCUT2D eigenvalue weighted by Crippen LogP contribution is 2.29. The van der Waals surface area contributed by atoms with Crippen LogP contribution in [0.5, 0.6) is 5.75 Å². The average Bonchev–Trinajstić information content (AvgIpc) is 2.72. The minimum absolute atomic E-state index is 0.512. The van der Waals surface area contributed by atoms with E-state index in [4.69, 9.17) is 22.1 Å². The number of para-hydroxylation sites is 1. The number of ether oxygens (including phenoxy) is 1. The quantitative estimate of drug-likeness (QED) is 0.877. The maximum absolute atomic E-state index is 6.05. The van der Waals surface area contributed by atoms with Crippen molar-refractivity contribution in [1.29, 1.82) is 0 Å². The van der Waals surface area contributed by atoms with Gasteiger partial charge in [-0.1, -0.05) is 23.7 Å². The third-order valence-electron chi connectivity index (χ3n) is 2.57. The van der Waals surface area contributed by atoms with E-state index >= 15 is 0 Å². The Labute approximate surface area is 105 Å². The molecule has 17 heavy (non-hydrogen) atoms. The smallest absolute Gasteiger partial charge is 0.145 e. The molecule has 0 saturated carbocycles. The number of aryl methyl sites for hydroxylation is 2. The number of hydrogen-bond acceptors (Lipinski definition) is 3. The first-order valence-electron chi connectivity index (χ1n) is 5.32. The molecule has 2 rings (SSSR count). The Balaban J connectivity index is 2.11. The highest BCUT2D eigenvalue weighted by atomic mass is 35.5. The van der Waals surface area contributed by atoms with E-state index in [0.29, 0.717) is 10.8 Å². The number of hydrogen-bond donors (Lipinski definition) is 2. The Morgan fingerprint density at radius 2 is 2.24 bits per heavy atom. The molecule has 0 radical (unpaired) electrons. The normalized spacial score (nSPS) is 10.5. The van der Waals surface area contributed by atoms with E-state index in [9.17, 15) is 0 Å². The van der Waals surface area contributed by atoms with Gasteiger partial charge in [0.15, 0.2) is 0 Å². The summed E-state index contributed by atoms with van der Waals surface area (Å²) in [5.41, 5.74) is 7.62. The average molecular weight is 252 g/mol. The van der Waals surface area contributed by atoms with Crippen LogP contribution >= 0.6 is 11.6 Å². The molecule has 5 heteroatoms. The van der Waals surface area contributed by atoms with Gasteiger partial charge >= 0.3 is 0 Å². The first-order valence-corrected chi connectivity index (χ1v) is 5.69. The van der Waals surface area contributed by atoms with Crippen molar-refractivity contribution < 1.29 is 4.74 Å². The lowest BCUT2D eigenvalue weighted by atomic mass is 10.1. The van der Waals surface area contributed by atoms with E-state index in [1.165, 1.54) is 0 Å². The fourth-order valence-electron chi connectivity index (χ4n) is 1.76. The van der Waals surface area contributed by atoms with Crippen molar-refractivity contribution >= 4 is 17.4 Å². The molecule has 0 atom stereocenters. The second kappa shape index (κ2) is 5.10. The van der Waals surface area contributed by atoms with E-state index in [-0.39, 0.29) is 0 Å². The van der Waals surface area contributed by atoms with E-state index in [0.717, 1.165) is 29.8 Å². The molecular weight excluding hydrogens is 238 g/mol. The predicted octanol–water partition coefficient (Wildman–Crippen LogP) is 2.44. The Hall–Kier alpha value is -1.68. The number of anilines is 1.